The Morgan fingerprint density at radius 3 is 2.83 bits per heavy atom. The van der Waals surface area contributed by atoms with Crippen LogP contribution < -0.4 is 11.3 Å². The molecular formula is C14H21FN2O. The molecule has 3 nitrogen and oxygen atoms in total. The van der Waals surface area contributed by atoms with Crippen LogP contribution in [0.1, 0.15) is 36.4 Å². The molecule has 1 atom stereocenters. The van der Waals surface area contributed by atoms with Crippen LogP contribution in [0.2, 0.25) is 0 Å². The number of ether oxygens (including phenoxy) is 1. The van der Waals surface area contributed by atoms with Crippen molar-refractivity contribution in [3.63, 3.8) is 0 Å². The number of aryl methyl sites for hydroxylation is 1. The van der Waals surface area contributed by atoms with Gasteiger partial charge in [0.25, 0.3) is 0 Å². The number of nitrogens with two attached hydrogens (primary N) is 1. The standard InChI is InChI=1S/C14H21FN2O/c1-10-2-3-12(15)9-13(10)14(17-16)8-11-4-6-18-7-5-11/h2-3,9,11,14,17H,4-8,16H2,1H3. The lowest BCUT2D eigenvalue weighted by atomic mass is 9.88. The zero-order valence-corrected chi connectivity index (χ0v) is 10.8. The SMILES string of the molecule is Cc1ccc(F)cc1C(CC1CCOCC1)NN. The van der Waals surface area contributed by atoms with Crippen molar-refractivity contribution >= 4 is 0 Å². The van der Waals surface area contributed by atoms with E-state index >= 15 is 0 Å². The molecular weight excluding hydrogens is 231 g/mol. The summed E-state index contributed by atoms with van der Waals surface area (Å²) in [5, 5.41) is 0. The van der Waals surface area contributed by atoms with Crippen molar-refractivity contribution < 1.29 is 9.13 Å². The highest BCUT2D eigenvalue weighted by molar-refractivity contribution is 5.29. The monoisotopic (exact) mass is 252 g/mol. The van der Waals surface area contributed by atoms with E-state index in [1.54, 1.807) is 12.1 Å². The fourth-order valence-corrected chi connectivity index (χ4v) is 2.59. The first kappa shape index (κ1) is 13.5. The van der Waals surface area contributed by atoms with Crippen LogP contribution in [0.5, 0.6) is 0 Å². The average Bonchev–Trinajstić information content (AvgIpc) is 2.40. The van der Waals surface area contributed by atoms with Gasteiger partial charge in [0.15, 0.2) is 0 Å². The number of hydrogen-bond donors (Lipinski definition) is 2. The third kappa shape index (κ3) is 3.28. The maximum absolute atomic E-state index is 13.3. The van der Waals surface area contributed by atoms with Gasteiger partial charge in [0.1, 0.15) is 5.82 Å². The van der Waals surface area contributed by atoms with E-state index in [1.807, 2.05) is 6.92 Å². The van der Waals surface area contributed by atoms with Gasteiger partial charge in [-0.2, -0.15) is 0 Å². The summed E-state index contributed by atoms with van der Waals surface area (Å²) in [7, 11) is 0. The quantitative estimate of drug-likeness (QED) is 0.639. The molecule has 0 amide bonds. The van der Waals surface area contributed by atoms with Crippen molar-refractivity contribution in [3.05, 3.63) is 35.1 Å². The minimum Gasteiger partial charge on any atom is -0.381 e. The van der Waals surface area contributed by atoms with Gasteiger partial charge >= 0.3 is 0 Å². The second-order valence-electron chi connectivity index (χ2n) is 5.01. The second-order valence-corrected chi connectivity index (χ2v) is 5.01. The highest BCUT2D eigenvalue weighted by Crippen LogP contribution is 2.29. The summed E-state index contributed by atoms with van der Waals surface area (Å²) in [6.45, 7) is 3.64. The molecule has 2 rings (SSSR count). The van der Waals surface area contributed by atoms with Gasteiger partial charge < -0.3 is 4.74 Å². The topological polar surface area (TPSA) is 47.3 Å². The molecule has 1 aromatic carbocycles. The van der Waals surface area contributed by atoms with Gasteiger partial charge in [-0.15, -0.1) is 0 Å². The van der Waals surface area contributed by atoms with Gasteiger partial charge in [0.05, 0.1) is 0 Å². The second kappa shape index (κ2) is 6.27. The minimum atomic E-state index is -0.206. The van der Waals surface area contributed by atoms with Crippen LogP contribution in [-0.4, -0.2) is 13.2 Å². The minimum absolute atomic E-state index is 0.0174. The highest BCUT2D eigenvalue weighted by Gasteiger charge is 2.21. The fraction of sp³-hybridized carbons (Fsp3) is 0.571. The Kier molecular flexibility index (Phi) is 4.69. The third-order valence-corrected chi connectivity index (χ3v) is 3.73. The molecule has 1 unspecified atom stereocenters. The Morgan fingerprint density at radius 2 is 2.17 bits per heavy atom. The average molecular weight is 252 g/mol. The Labute approximate surface area is 107 Å². The molecule has 1 aromatic rings. The van der Waals surface area contributed by atoms with Crippen molar-refractivity contribution in [1.29, 1.82) is 0 Å². The highest BCUT2D eigenvalue weighted by atomic mass is 19.1. The van der Waals surface area contributed by atoms with E-state index in [1.165, 1.54) is 6.07 Å². The van der Waals surface area contributed by atoms with E-state index in [9.17, 15) is 4.39 Å². The lowest BCUT2D eigenvalue weighted by molar-refractivity contribution is 0.0605. The van der Waals surface area contributed by atoms with Crippen LogP contribution in [0.25, 0.3) is 0 Å². The summed E-state index contributed by atoms with van der Waals surface area (Å²) < 4.78 is 18.7. The van der Waals surface area contributed by atoms with Crippen molar-refractivity contribution in [2.24, 2.45) is 11.8 Å². The summed E-state index contributed by atoms with van der Waals surface area (Å²) in [6, 6.07) is 4.89. The molecule has 1 heterocycles. The Hall–Kier alpha value is -0.970. The largest absolute Gasteiger partial charge is 0.381 e. The Morgan fingerprint density at radius 1 is 1.44 bits per heavy atom. The van der Waals surface area contributed by atoms with Crippen molar-refractivity contribution in [1.82, 2.24) is 5.43 Å². The van der Waals surface area contributed by atoms with Gasteiger partial charge in [-0.25, -0.2) is 4.39 Å². The molecule has 4 heteroatoms. The lowest BCUT2D eigenvalue weighted by Crippen LogP contribution is -2.31. The lowest BCUT2D eigenvalue weighted by Gasteiger charge is -2.27. The van der Waals surface area contributed by atoms with E-state index in [2.05, 4.69) is 5.43 Å². The number of hydrogen-bond acceptors (Lipinski definition) is 3. The number of halogens is 1. The number of rotatable bonds is 4. The van der Waals surface area contributed by atoms with E-state index < -0.39 is 0 Å². The van der Waals surface area contributed by atoms with Crippen LogP contribution >= 0.6 is 0 Å². The van der Waals surface area contributed by atoms with Gasteiger partial charge in [0, 0.05) is 19.3 Å². The maximum atomic E-state index is 13.3. The fourth-order valence-electron chi connectivity index (χ4n) is 2.59. The summed E-state index contributed by atoms with van der Waals surface area (Å²) in [4.78, 5) is 0. The molecule has 1 saturated heterocycles. The zero-order chi connectivity index (χ0) is 13.0. The van der Waals surface area contributed by atoms with E-state index in [4.69, 9.17) is 10.6 Å². The van der Waals surface area contributed by atoms with Crippen LogP contribution in [-0.2, 0) is 4.74 Å². The maximum Gasteiger partial charge on any atom is 0.123 e. The molecule has 3 N–H and O–H groups in total. The summed E-state index contributed by atoms with van der Waals surface area (Å²) in [6.07, 6.45) is 3.06. The van der Waals surface area contributed by atoms with Gasteiger partial charge in [-0.1, -0.05) is 6.07 Å². The first-order chi connectivity index (χ1) is 8.70. The summed E-state index contributed by atoms with van der Waals surface area (Å²) in [5.74, 6) is 6.03. The number of hydrazine groups is 1. The van der Waals surface area contributed by atoms with Crippen LogP contribution in [0.4, 0.5) is 4.39 Å². The Bertz CT molecular complexity index is 391. The normalized spacial score (nSPS) is 18.8. The van der Waals surface area contributed by atoms with E-state index in [-0.39, 0.29) is 11.9 Å². The first-order valence-corrected chi connectivity index (χ1v) is 6.50. The van der Waals surface area contributed by atoms with Crippen molar-refractivity contribution in [3.8, 4) is 0 Å². The molecule has 1 fully saturated rings. The van der Waals surface area contributed by atoms with E-state index in [0.717, 1.165) is 43.6 Å². The first-order valence-electron chi connectivity index (χ1n) is 6.50. The molecule has 0 aliphatic carbocycles. The molecule has 0 spiro atoms. The molecule has 0 bridgehead atoms. The van der Waals surface area contributed by atoms with Crippen molar-refractivity contribution in [2.45, 2.75) is 32.2 Å². The van der Waals surface area contributed by atoms with Crippen LogP contribution in [0.3, 0.4) is 0 Å². The summed E-state index contributed by atoms with van der Waals surface area (Å²) in [5.41, 5.74) is 4.86. The Balaban J connectivity index is 2.09. The van der Waals surface area contributed by atoms with Crippen LogP contribution in [0, 0.1) is 18.7 Å². The number of nitrogens with one attached hydrogen (secondary N) is 1. The molecule has 1 aliphatic heterocycles. The molecule has 18 heavy (non-hydrogen) atoms. The molecule has 0 saturated carbocycles. The summed E-state index contributed by atoms with van der Waals surface area (Å²) >= 11 is 0. The molecule has 0 aromatic heterocycles. The third-order valence-electron chi connectivity index (χ3n) is 3.73. The van der Waals surface area contributed by atoms with Crippen LogP contribution in [0.15, 0.2) is 18.2 Å². The molecule has 0 radical (unpaired) electrons. The zero-order valence-electron chi connectivity index (χ0n) is 10.8. The van der Waals surface area contributed by atoms with Crippen molar-refractivity contribution in [2.75, 3.05) is 13.2 Å². The van der Waals surface area contributed by atoms with Gasteiger partial charge in [-0.05, 0) is 55.4 Å². The van der Waals surface area contributed by atoms with Gasteiger partial charge in [-0.3, -0.25) is 11.3 Å². The predicted molar refractivity (Wildman–Crippen MR) is 69.4 cm³/mol. The molecule has 1 aliphatic rings. The smallest absolute Gasteiger partial charge is 0.123 e. The molecule has 100 valence electrons. The number of benzene rings is 1. The van der Waals surface area contributed by atoms with Gasteiger partial charge in [0.2, 0.25) is 0 Å². The van der Waals surface area contributed by atoms with E-state index in [0.29, 0.717) is 5.92 Å². The predicted octanol–water partition coefficient (Wildman–Crippen LogP) is 2.46.